The van der Waals surface area contributed by atoms with Gasteiger partial charge in [-0.25, -0.2) is 4.99 Å². The van der Waals surface area contributed by atoms with Gasteiger partial charge in [-0.05, 0) is 42.2 Å². The molecule has 1 heterocycles. The molecule has 0 aromatic heterocycles. The van der Waals surface area contributed by atoms with Crippen LogP contribution < -0.4 is 20.1 Å². The zero-order valence-corrected chi connectivity index (χ0v) is 16.7. The van der Waals surface area contributed by atoms with Crippen LogP contribution >= 0.6 is 0 Å². The Bertz CT molecular complexity index is 792. The molecule has 0 saturated heterocycles. The summed E-state index contributed by atoms with van der Waals surface area (Å²) in [6, 6.07) is 14.3. The molecule has 150 valence electrons. The first-order valence-corrected chi connectivity index (χ1v) is 9.85. The van der Waals surface area contributed by atoms with Gasteiger partial charge in [0.1, 0.15) is 0 Å². The van der Waals surface area contributed by atoms with Crippen molar-refractivity contribution in [3.8, 4) is 11.5 Å². The third-order valence-electron chi connectivity index (χ3n) is 4.37. The summed E-state index contributed by atoms with van der Waals surface area (Å²) in [5.41, 5.74) is 3.50. The molecule has 3 rings (SSSR count). The second-order valence-corrected chi connectivity index (χ2v) is 6.56. The van der Waals surface area contributed by atoms with E-state index in [2.05, 4.69) is 42.7 Å². The summed E-state index contributed by atoms with van der Waals surface area (Å²) in [6.07, 6.45) is 1.03. The fourth-order valence-corrected chi connectivity index (χ4v) is 2.93. The first kappa shape index (κ1) is 20.0. The van der Waals surface area contributed by atoms with Gasteiger partial charge >= 0.3 is 0 Å². The van der Waals surface area contributed by atoms with Gasteiger partial charge in [-0.15, -0.1) is 0 Å². The zero-order chi connectivity index (χ0) is 19.6. The number of hydrogen-bond acceptors (Lipinski definition) is 4. The number of rotatable bonds is 9. The molecule has 0 fully saturated rings. The van der Waals surface area contributed by atoms with Crippen LogP contribution in [0.4, 0.5) is 0 Å². The van der Waals surface area contributed by atoms with Crippen molar-refractivity contribution in [3.05, 3.63) is 59.2 Å². The van der Waals surface area contributed by atoms with Crippen LogP contribution in [-0.4, -0.2) is 25.9 Å². The predicted molar refractivity (Wildman–Crippen MR) is 111 cm³/mol. The normalized spacial score (nSPS) is 12.9. The van der Waals surface area contributed by atoms with Crippen molar-refractivity contribution in [1.29, 1.82) is 0 Å². The number of guanidine groups is 1. The van der Waals surface area contributed by atoms with Gasteiger partial charge in [0.15, 0.2) is 17.5 Å². The Kier molecular flexibility index (Phi) is 7.55. The molecular formula is C22H29N3O3. The minimum atomic E-state index is 0.285. The Morgan fingerprint density at radius 1 is 1.04 bits per heavy atom. The number of aliphatic imine (C=N–C) groups is 1. The van der Waals surface area contributed by atoms with Crippen LogP contribution in [0.25, 0.3) is 0 Å². The number of nitrogens with one attached hydrogen (secondary N) is 2. The van der Waals surface area contributed by atoms with E-state index in [9.17, 15) is 0 Å². The lowest BCUT2D eigenvalue weighted by molar-refractivity contribution is 0.121. The minimum absolute atomic E-state index is 0.285. The second-order valence-electron chi connectivity index (χ2n) is 6.56. The lowest BCUT2D eigenvalue weighted by Gasteiger charge is -2.14. The Morgan fingerprint density at radius 3 is 2.68 bits per heavy atom. The Hall–Kier alpha value is -2.73. The van der Waals surface area contributed by atoms with E-state index in [-0.39, 0.29) is 6.79 Å². The van der Waals surface area contributed by atoms with Gasteiger partial charge in [-0.3, -0.25) is 0 Å². The van der Waals surface area contributed by atoms with Crippen LogP contribution in [0.1, 0.15) is 37.0 Å². The van der Waals surface area contributed by atoms with Gasteiger partial charge in [-0.2, -0.15) is 0 Å². The van der Waals surface area contributed by atoms with Crippen LogP contribution in [0.2, 0.25) is 0 Å². The summed E-state index contributed by atoms with van der Waals surface area (Å²) in [4.78, 5) is 4.70. The first-order valence-electron chi connectivity index (χ1n) is 9.85. The molecule has 0 spiro atoms. The highest BCUT2D eigenvalue weighted by molar-refractivity contribution is 5.79. The van der Waals surface area contributed by atoms with Crippen molar-refractivity contribution >= 4 is 5.96 Å². The molecule has 6 nitrogen and oxygen atoms in total. The number of ether oxygens (including phenoxy) is 3. The van der Waals surface area contributed by atoms with E-state index in [1.165, 1.54) is 11.1 Å². The molecule has 2 aromatic carbocycles. The van der Waals surface area contributed by atoms with Gasteiger partial charge < -0.3 is 24.8 Å². The minimum Gasteiger partial charge on any atom is -0.454 e. The van der Waals surface area contributed by atoms with Crippen molar-refractivity contribution < 1.29 is 14.2 Å². The summed E-state index contributed by atoms with van der Waals surface area (Å²) in [7, 11) is 0. The molecule has 2 aromatic rings. The van der Waals surface area contributed by atoms with Crippen LogP contribution in [-0.2, 0) is 24.4 Å². The standard InChI is InChI=1S/C22H29N3O3/c1-3-11-26-15-19-8-6-5-7-18(19)14-25-22(23-4-2)24-13-17-9-10-20-21(12-17)28-16-27-20/h5-10,12H,3-4,11,13-16H2,1-2H3,(H2,23,24,25). The van der Waals surface area contributed by atoms with Crippen molar-refractivity contribution in [2.75, 3.05) is 19.9 Å². The lowest BCUT2D eigenvalue weighted by atomic mass is 10.1. The summed E-state index contributed by atoms with van der Waals surface area (Å²) < 4.78 is 16.5. The molecule has 1 aliphatic heterocycles. The van der Waals surface area contributed by atoms with Crippen molar-refractivity contribution in [2.24, 2.45) is 4.99 Å². The third-order valence-corrected chi connectivity index (χ3v) is 4.37. The van der Waals surface area contributed by atoms with Gasteiger partial charge in [0.05, 0.1) is 13.2 Å². The topological polar surface area (TPSA) is 64.1 Å². The quantitative estimate of drug-likeness (QED) is 0.394. The molecule has 6 heteroatoms. The number of hydrogen-bond donors (Lipinski definition) is 2. The number of benzene rings is 2. The molecule has 0 atom stereocenters. The summed E-state index contributed by atoms with van der Waals surface area (Å²) >= 11 is 0. The molecule has 0 radical (unpaired) electrons. The molecule has 0 aliphatic carbocycles. The molecule has 0 unspecified atom stereocenters. The molecule has 1 aliphatic rings. The van der Waals surface area contributed by atoms with Gasteiger partial charge in [0.2, 0.25) is 6.79 Å². The number of nitrogens with zero attached hydrogens (tertiary/aromatic N) is 1. The first-order chi connectivity index (χ1) is 13.8. The highest BCUT2D eigenvalue weighted by Crippen LogP contribution is 2.32. The van der Waals surface area contributed by atoms with Crippen LogP contribution in [0.15, 0.2) is 47.5 Å². The van der Waals surface area contributed by atoms with E-state index in [1.807, 2.05) is 24.3 Å². The summed E-state index contributed by atoms with van der Waals surface area (Å²) in [6.45, 7) is 7.93. The molecule has 0 bridgehead atoms. The van der Waals surface area contributed by atoms with Crippen LogP contribution in [0, 0.1) is 0 Å². The lowest BCUT2D eigenvalue weighted by Crippen LogP contribution is -2.37. The van der Waals surface area contributed by atoms with Gasteiger partial charge in [0.25, 0.3) is 0 Å². The fourth-order valence-electron chi connectivity index (χ4n) is 2.93. The van der Waals surface area contributed by atoms with Crippen LogP contribution in [0.5, 0.6) is 11.5 Å². The maximum Gasteiger partial charge on any atom is 0.231 e. The molecular weight excluding hydrogens is 354 g/mol. The summed E-state index contributed by atoms with van der Waals surface area (Å²) in [5.74, 6) is 2.36. The second kappa shape index (κ2) is 10.6. The SMILES string of the molecule is CCCOCc1ccccc1CNC(=NCc1ccc2c(c1)OCO2)NCC. The monoisotopic (exact) mass is 383 g/mol. The van der Waals surface area contributed by atoms with E-state index >= 15 is 0 Å². The largest absolute Gasteiger partial charge is 0.454 e. The fraction of sp³-hybridized carbons (Fsp3) is 0.409. The Morgan fingerprint density at radius 2 is 1.86 bits per heavy atom. The van der Waals surface area contributed by atoms with E-state index in [0.29, 0.717) is 19.7 Å². The Balaban J connectivity index is 1.61. The summed E-state index contributed by atoms with van der Waals surface area (Å²) in [5, 5.41) is 6.72. The van der Waals surface area contributed by atoms with Gasteiger partial charge in [0, 0.05) is 19.7 Å². The number of fused-ring (bicyclic) bond motifs is 1. The van der Waals surface area contributed by atoms with Crippen molar-refractivity contribution in [1.82, 2.24) is 10.6 Å². The maximum absolute atomic E-state index is 5.71. The van der Waals surface area contributed by atoms with Crippen molar-refractivity contribution in [3.63, 3.8) is 0 Å². The van der Waals surface area contributed by atoms with Gasteiger partial charge in [-0.1, -0.05) is 37.3 Å². The zero-order valence-electron chi connectivity index (χ0n) is 16.7. The van der Waals surface area contributed by atoms with Crippen LogP contribution in [0.3, 0.4) is 0 Å². The van der Waals surface area contributed by atoms with E-state index in [4.69, 9.17) is 19.2 Å². The molecule has 2 N–H and O–H groups in total. The molecule has 28 heavy (non-hydrogen) atoms. The predicted octanol–water partition coefficient (Wildman–Crippen LogP) is 3.60. The highest BCUT2D eigenvalue weighted by Gasteiger charge is 2.13. The van der Waals surface area contributed by atoms with E-state index < -0.39 is 0 Å². The van der Waals surface area contributed by atoms with Crippen molar-refractivity contribution in [2.45, 2.75) is 40.0 Å². The molecule has 0 amide bonds. The Labute approximate surface area is 166 Å². The maximum atomic E-state index is 5.71. The smallest absolute Gasteiger partial charge is 0.231 e. The highest BCUT2D eigenvalue weighted by atomic mass is 16.7. The average Bonchev–Trinajstić information content (AvgIpc) is 3.19. The van der Waals surface area contributed by atoms with E-state index in [0.717, 1.165) is 42.6 Å². The van der Waals surface area contributed by atoms with E-state index in [1.54, 1.807) is 0 Å². The average molecular weight is 383 g/mol. The third kappa shape index (κ3) is 5.63. The molecule has 0 saturated carbocycles.